The van der Waals surface area contributed by atoms with E-state index in [1.807, 2.05) is 6.07 Å². The number of pyridine rings is 1. The van der Waals surface area contributed by atoms with E-state index in [-0.39, 0.29) is 17.2 Å². The van der Waals surface area contributed by atoms with Gasteiger partial charge < -0.3 is 10.2 Å². The Bertz CT molecular complexity index is 516. The Hall–Kier alpha value is -1.86. The lowest BCUT2D eigenvalue weighted by Gasteiger charge is -2.23. The van der Waals surface area contributed by atoms with Gasteiger partial charge in [-0.3, -0.25) is 15.0 Å². The normalized spacial score (nSPS) is 12.1. The highest BCUT2D eigenvalue weighted by Crippen LogP contribution is 2.13. The van der Waals surface area contributed by atoms with Crippen molar-refractivity contribution in [3.63, 3.8) is 0 Å². The maximum absolute atomic E-state index is 11.3. The van der Waals surface area contributed by atoms with E-state index in [9.17, 15) is 10.1 Å². The predicted molar refractivity (Wildman–Crippen MR) is 82.3 cm³/mol. The molecule has 0 atom stereocenters. The minimum Gasteiger partial charge on any atom is -0.369 e. The molecule has 0 fully saturated rings. The molecular formula is C13H20ClN5O2. The molecular weight excluding hydrogens is 294 g/mol. The molecule has 1 heterocycles. The van der Waals surface area contributed by atoms with E-state index in [0.29, 0.717) is 17.5 Å². The van der Waals surface area contributed by atoms with Crippen LogP contribution in [0.2, 0.25) is 5.15 Å². The third-order valence-corrected chi connectivity index (χ3v) is 3.01. The Labute approximate surface area is 129 Å². The number of hydrogen-bond donors (Lipinski definition) is 1. The van der Waals surface area contributed by atoms with Gasteiger partial charge in [-0.2, -0.15) is 0 Å². The van der Waals surface area contributed by atoms with E-state index in [1.54, 1.807) is 50.3 Å². The second kappa shape index (κ2) is 7.80. The van der Waals surface area contributed by atoms with Crippen LogP contribution in [-0.2, 0) is 6.54 Å². The summed E-state index contributed by atoms with van der Waals surface area (Å²) >= 11 is 5.75. The smallest absolute Gasteiger partial charge is 0.299 e. The van der Waals surface area contributed by atoms with E-state index in [4.69, 9.17) is 11.6 Å². The molecule has 0 aliphatic heterocycles. The van der Waals surface area contributed by atoms with Crippen LogP contribution in [0.25, 0.3) is 0 Å². The molecule has 0 amide bonds. The molecule has 1 aromatic heterocycles. The molecule has 0 saturated heterocycles. The van der Waals surface area contributed by atoms with Crippen molar-refractivity contribution in [1.82, 2.24) is 20.1 Å². The maximum atomic E-state index is 11.3. The molecule has 7 nitrogen and oxygen atoms in total. The fourth-order valence-electron chi connectivity index (χ4n) is 1.93. The van der Waals surface area contributed by atoms with Gasteiger partial charge in [0.05, 0.1) is 11.5 Å². The Balaban J connectivity index is 2.99. The van der Waals surface area contributed by atoms with E-state index >= 15 is 0 Å². The first kappa shape index (κ1) is 17.2. The third kappa shape index (κ3) is 5.20. The molecule has 0 radical (unpaired) electrons. The summed E-state index contributed by atoms with van der Waals surface area (Å²) in [4.78, 5) is 18.4. The topological polar surface area (TPSA) is 74.5 Å². The molecule has 0 aliphatic carbocycles. The zero-order chi connectivity index (χ0) is 16.0. The summed E-state index contributed by atoms with van der Waals surface area (Å²) in [5, 5.41) is 14.6. The van der Waals surface area contributed by atoms with E-state index < -0.39 is 0 Å². The second-order valence-corrected chi connectivity index (χ2v) is 5.27. The number of nitrogens with one attached hydrogen (secondary N) is 1. The van der Waals surface area contributed by atoms with Crippen molar-refractivity contribution in [3.8, 4) is 0 Å². The van der Waals surface area contributed by atoms with Crippen LogP contribution < -0.4 is 5.32 Å². The number of hydrogen-bond acceptors (Lipinski definition) is 6. The van der Waals surface area contributed by atoms with Gasteiger partial charge in [0.1, 0.15) is 5.15 Å². The summed E-state index contributed by atoms with van der Waals surface area (Å²) in [6, 6.07) is 3.54. The molecule has 8 heteroatoms. The molecule has 1 aromatic rings. The number of nitro groups is 1. The van der Waals surface area contributed by atoms with E-state index in [2.05, 4.69) is 10.3 Å². The van der Waals surface area contributed by atoms with Crippen LogP contribution in [0, 0.1) is 10.1 Å². The minimum atomic E-state index is -0.359. The number of rotatable bonds is 7. The summed E-state index contributed by atoms with van der Waals surface area (Å²) in [6.45, 7) is 0.734. The minimum absolute atomic E-state index is 0.118. The number of nitrogens with zero attached hydrogens (tertiary/aromatic N) is 4. The van der Waals surface area contributed by atoms with E-state index in [1.165, 1.54) is 0 Å². The van der Waals surface area contributed by atoms with Crippen molar-refractivity contribution in [1.29, 1.82) is 0 Å². The van der Waals surface area contributed by atoms with Crippen molar-refractivity contribution in [2.24, 2.45) is 0 Å². The van der Waals surface area contributed by atoms with Crippen molar-refractivity contribution in [3.05, 3.63) is 50.7 Å². The van der Waals surface area contributed by atoms with Crippen molar-refractivity contribution in [2.75, 3.05) is 34.7 Å². The average Bonchev–Trinajstić information content (AvgIpc) is 2.40. The highest BCUT2D eigenvalue weighted by molar-refractivity contribution is 6.29. The summed E-state index contributed by atoms with van der Waals surface area (Å²) in [5.74, 6) is 0.476. The number of aromatic nitrogens is 1. The van der Waals surface area contributed by atoms with Crippen LogP contribution in [-0.4, -0.2) is 54.4 Å². The monoisotopic (exact) mass is 313 g/mol. The van der Waals surface area contributed by atoms with Crippen LogP contribution >= 0.6 is 11.6 Å². The molecule has 1 N–H and O–H groups in total. The van der Waals surface area contributed by atoms with Gasteiger partial charge in [-0.05, 0) is 25.7 Å². The lowest BCUT2D eigenvalue weighted by atomic mass is 10.2. The quantitative estimate of drug-likeness (QED) is 0.466. The highest BCUT2D eigenvalue weighted by Gasteiger charge is 2.22. The summed E-state index contributed by atoms with van der Waals surface area (Å²) in [6.07, 6.45) is 1.66. The third-order valence-electron chi connectivity index (χ3n) is 2.79. The molecule has 116 valence electrons. The summed E-state index contributed by atoms with van der Waals surface area (Å²) in [5.41, 5.74) is 1.04. The number of halogens is 1. The van der Waals surface area contributed by atoms with Gasteiger partial charge in [0.25, 0.3) is 5.70 Å². The van der Waals surface area contributed by atoms with Crippen molar-refractivity contribution >= 4 is 11.6 Å². The van der Waals surface area contributed by atoms with Gasteiger partial charge in [-0.1, -0.05) is 17.7 Å². The summed E-state index contributed by atoms with van der Waals surface area (Å²) in [7, 11) is 7.05. The van der Waals surface area contributed by atoms with Crippen molar-refractivity contribution < 1.29 is 4.92 Å². The standard InChI is InChI=1S/C13H20ClN5O2/c1-15-13(11(19(20)21)9-17(2)3)18(4)8-10-5-6-12(14)16-7-10/h5-7,15H,8-9H2,1-4H3/b13-11+. The van der Waals surface area contributed by atoms with Crippen LogP contribution in [0.3, 0.4) is 0 Å². The van der Waals surface area contributed by atoms with Crippen LogP contribution in [0.5, 0.6) is 0 Å². The molecule has 0 saturated carbocycles. The molecule has 0 bridgehead atoms. The Morgan fingerprint density at radius 2 is 2.10 bits per heavy atom. The second-order valence-electron chi connectivity index (χ2n) is 4.89. The molecule has 0 aromatic carbocycles. The molecule has 0 spiro atoms. The van der Waals surface area contributed by atoms with Gasteiger partial charge in [-0.15, -0.1) is 0 Å². The Kier molecular flexibility index (Phi) is 6.39. The van der Waals surface area contributed by atoms with Gasteiger partial charge in [0.15, 0.2) is 5.82 Å². The van der Waals surface area contributed by atoms with Gasteiger partial charge in [-0.25, -0.2) is 4.98 Å². The zero-order valence-electron chi connectivity index (χ0n) is 12.6. The first-order valence-corrected chi connectivity index (χ1v) is 6.74. The summed E-state index contributed by atoms with van der Waals surface area (Å²) < 4.78 is 0. The predicted octanol–water partition coefficient (Wildman–Crippen LogP) is 1.39. The van der Waals surface area contributed by atoms with Crippen LogP contribution in [0.1, 0.15) is 5.56 Å². The van der Waals surface area contributed by atoms with Crippen LogP contribution in [0.15, 0.2) is 29.8 Å². The zero-order valence-corrected chi connectivity index (χ0v) is 13.4. The van der Waals surface area contributed by atoms with E-state index in [0.717, 1.165) is 5.56 Å². The SMILES string of the molecule is CN/C(=C(/CN(C)C)[N+](=O)[O-])N(C)Cc1ccc(Cl)nc1. The maximum Gasteiger partial charge on any atom is 0.299 e. The van der Waals surface area contributed by atoms with Gasteiger partial charge in [0, 0.05) is 26.8 Å². The molecule has 0 unspecified atom stereocenters. The molecule has 21 heavy (non-hydrogen) atoms. The molecule has 0 aliphatic rings. The number of likely N-dealkylation sites (N-methyl/N-ethyl adjacent to an activating group) is 1. The molecule has 1 rings (SSSR count). The Morgan fingerprint density at radius 1 is 1.43 bits per heavy atom. The lowest BCUT2D eigenvalue weighted by Crippen LogP contribution is -2.32. The van der Waals surface area contributed by atoms with Crippen molar-refractivity contribution in [2.45, 2.75) is 6.54 Å². The largest absolute Gasteiger partial charge is 0.369 e. The fraction of sp³-hybridized carbons (Fsp3) is 0.462. The van der Waals surface area contributed by atoms with Gasteiger partial charge >= 0.3 is 0 Å². The van der Waals surface area contributed by atoms with Gasteiger partial charge in [0.2, 0.25) is 0 Å². The first-order chi connectivity index (χ1) is 9.85. The fourth-order valence-corrected chi connectivity index (χ4v) is 2.04. The highest BCUT2D eigenvalue weighted by atomic mass is 35.5. The first-order valence-electron chi connectivity index (χ1n) is 6.36. The lowest BCUT2D eigenvalue weighted by molar-refractivity contribution is -0.430. The van der Waals surface area contributed by atoms with Crippen LogP contribution in [0.4, 0.5) is 0 Å². The Morgan fingerprint density at radius 3 is 2.52 bits per heavy atom. The average molecular weight is 314 g/mol.